The van der Waals surface area contributed by atoms with Crippen LogP contribution in [0.1, 0.15) is 35.3 Å². The van der Waals surface area contributed by atoms with Gasteiger partial charge in [-0.3, -0.25) is 4.79 Å². The second-order valence-electron chi connectivity index (χ2n) is 4.67. The van der Waals surface area contributed by atoms with Gasteiger partial charge in [0.15, 0.2) is 6.29 Å². The van der Waals surface area contributed by atoms with Gasteiger partial charge in [0.25, 0.3) is 0 Å². The van der Waals surface area contributed by atoms with Gasteiger partial charge in [-0.15, -0.1) is 0 Å². The van der Waals surface area contributed by atoms with Crippen molar-refractivity contribution in [2.24, 2.45) is 0 Å². The van der Waals surface area contributed by atoms with E-state index in [1.807, 2.05) is 29.0 Å². The van der Waals surface area contributed by atoms with E-state index in [-0.39, 0.29) is 0 Å². The zero-order valence-electron chi connectivity index (χ0n) is 10.7. The van der Waals surface area contributed by atoms with Crippen LogP contribution in [-0.4, -0.2) is 22.7 Å². The Morgan fingerprint density at radius 1 is 1.26 bits per heavy atom. The molecule has 1 aliphatic heterocycles. The molecule has 0 aromatic carbocycles. The van der Waals surface area contributed by atoms with Crippen molar-refractivity contribution in [1.29, 1.82) is 0 Å². The molecule has 1 aliphatic carbocycles. The molecule has 0 spiro atoms. The summed E-state index contributed by atoms with van der Waals surface area (Å²) in [5, 5.41) is 4.37. The summed E-state index contributed by atoms with van der Waals surface area (Å²) >= 11 is 0. The lowest BCUT2D eigenvalue weighted by Gasteiger charge is -2.08. The van der Waals surface area contributed by atoms with Crippen molar-refractivity contribution in [2.75, 3.05) is 6.61 Å². The minimum Gasteiger partial charge on any atom is -0.477 e. The van der Waals surface area contributed by atoms with Gasteiger partial charge >= 0.3 is 0 Å². The Morgan fingerprint density at radius 2 is 2.21 bits per heavy atom. The number of ether oxygens (including phenoxy) is 1. The van der Waals surface area contributed by atoms with E-state index in [1.165, 1.54) is 0 Å². The summed E-state index contributed by atoms with van der Waals surface area (Å²) in [5.74, 6) is 0.745. The molecule has 4 heteroatoms. The van der Waals surface area contributed by atoms with E-state index in [2.05, 4.69) is 11.2 Å². The molecule has 98 valence electrons. The summed E-state index contributed by atoms with van der Waals surface area (Å²) in [6.45, 7) is 1.51. The van der Waals surface area contributed by atoms with Crippen molar-refractivity contribution >= 4 is 11.9 Å². The van der Waals surface area contributed by atoms with Crippen molar-refractivity contribution in [3.8, 4) is 5.88 Å². The highest BCUT2D eigenvalue weighted by molar-refractivity contribution is 5.86. The maximum atomic E-state index is 11.3. The summed E-state index contributed by atoms with van der Waals surface area (Å²) in [4.78, 5) is 11.3. The minimum absolute atomic E-state index is 0.479. The van der Waals surface area contributed by atoms with Crippen LogP contribution in [0.2, 0.25) is 0 Å². The third kappa shape index (κ3) is 2.26. The van der Waals surface area contributed by atoms with Gasteiger partial charge in [-0.25, -0.2) is 4.68 Å². The van der Waals surface area contributed by atoms with Crippen LogP contribution in [0.3, 0.4) is 0 Å². The van der Waals surface area contributed by atoms with Crippen molar-refractivity contribution in [3.63, 3.8) is 0 Å². The van der Waals surface area contributed by atoms with Crippen LogP contribution < -0.4 is 4.74 Å². The van der Waals surface area contributed by atoms with Gasteiger partial charge in [0.1, 0.15) is 5.69 Å². The average molecular weight is 256 g/mol. The Labute approximate surface area is 112 Å². The van der Waals surface area contributed by atoms with Crippen LogP contribution in [0.5, 0.6) is 5.88 Å². The SMILES string of the molecule is O=Cc1nn2c(c1C1=CC=CC=CC1)OCCCC2. The number of fused-ring (bicyclic) bond motifs is 1. The summed E-state index contributed by atoms with van der Waals surface area (Å²) in [5.41, 5.74) is 2.41. The number of aldehydes is 1. The summed E-state index contributed by atoms with van der Waals surface area (Å²) in [6, 6.07) is 0. The van der Waals surface area contributed by atoms with Crippen LogP contribution in [0.4, 0.5) is 0 Å². The van der Waals surface area contributed by atoms with Gasteiger partial charge < -0.3 is 4.74 Å². The number of allylic oxidation sites excluding steroid dienone is 6. The number of rotatable bonds is 2. The molecule has 4 nitrogen and oxygen atoms in total. The van der Waals surface area contributed by atoms with Gasteiger partial charge in [0, 0.05) is 6.54 Å². The fourth-order valence-electron chi connectivity index (χ4n) is 2.44. The zero-order chi connectivity index (χ0) is 13.1. The zero-order valence-corrected chi connectivity index (χ0v) is 10.7. The molecule has 0 fully saturated rings. The van der Waals surface area contributed by atoms with E-state index < -0.39 is 0 Å². The van der Waals surface area contributed by atoms with Gasteiger partial charge in [-0.1, -0.05) is 30.4 Å². The molecule has 0 atom stereocenters. The average Bonchev–Trinajstić information content (AvgIpc) is 2.67. The molecule has 3 rings (SSSR count). The molecule has 0 radical (unpaired) electrons. The lowest BCUT2D eigenvalue weighted by molar-refractivity contribution is 0.111. The fraction of sp³-hybridized carbons (Fsp3) is 0.333. The Morgan fingerprint density at radius 3 is 3.11 bits per heavy atom. The van der Waals surface area contributed by atoms with Crippen molar-refractivity contribution in [1.82, 2.24) is 9.78 Å². The number of aryl methyl sites for hydroxylation is 1. The van der Waals surface area contributed by atoms with Crippen molar-refractivity contribution in [2.45, 2.75) is 25.8 Å². The van der Waals surface area contributed by atoms with Crippen LogP contribution in [0.15, 0.2) is 30.4 Å². The number of aromatic nitrogens is 2. The number of hydrogen-bond acceptors (Lipinski definition) is 3. The van der Waals surface area contributed by atoms with E-state index in [0.717, 1.165) is 49.1 Å². The molecule has 0 saturated heterocycles. The lowest BCUT2D eigenvalue weighted by Crippen LogP contribution is -2.01. The van der Waals surface area contributed by atoms with E-state index in [9.17, 15) is 4.79 Å². The van der Waals surface area contributed by atoms with E-state index in [0.29, 0.717) is 12.3 Å². The standard InChI is InChI=1S/C15H16N2O2/c18-11-13-14(12-7-3-1-2-4-8-12)15-17(16-13)9-5-6-10-19-15/h1-4,7,11H,5-6,8-10H2. The molecule has 2 aliphatic rings. The molecule has 2 heterocycles. The Balaban J connectivity index is 2.10. The number of carbonyl (C=O) groups is 1. The summed E-state index contributed by atoms with van der Waals surface area (Å²) in [7, 11) is 0. The third-order valence-corrected chi connectivity index (χ3v) is 3.36. The summed E-state index contributed by atoms with van der Waals surface area (Å²) in [6.07, 6.45) is 13.7. The van der Waals surface area contributed by atoms with Gasteiger partial charge in [-0.05, 0) is 24.8 Å². The Hall–Kier alpha value is -2.10. The summed E-state index contributed by atoms with van der Waals surface area (Å²) < 4.78 is 7.63. The van der Waals surface area contributed by atoms with E-state index in [4.69, 9.17) is 4.74 Å². The van der Waals surface area contributed by atoms with Gasteiger partial charge in [-0.2, -0.15) is 5.10 Å². The second-order valence-corrected chi connectivity index (χ2v) is 4.67. The van der Waals surface area contributed by atoms with Crippen molar-refractivity contribution in [3.05, 3.63) is 41.6 Å². The first-order chi connectivity index (χ1) is 9.40. The highest BCUT2D eigenvalue weighted by Crippen LogP contribution is 2.33. The van der Waals surface area contributed by atoms with Crippen LogP contribution >= 0.6 is 0 Å². The van der Waals surface area contributed by atoms with Gasteiger partial charge in [0.05, 0.1) is 12.2 Å². The van der Waals surface area contributed by atoms with Crippen LogP contribution in [0, 0.1) is 0 Å². The first-order valence-electron chi connectivity index (χ1n) is 6.61. The van der Waals surface area contributed by atoms with Crippen molar-refractivity contribution < 1.29 is 9.53 Å². The largest absolute Gasteiger partial charge is 0.477 e. The highest BCUT2D eigenvalue weighted by Gasteiger charge is 2.23. The monoisotopic (exact) mass is 256 g/mol. The van der Waals surface area contributed by atoms with Crippen LogP contribution in [-0.2, 0) is 6.54 Å². The number of nitrogens with zero attached hydrogens (tertiary/aromatic N) is 2. The minimum atomic E-state index is 0.479. The maximum absolute atomic E-state index is 11.3. The quantitative estimate of drug-likeness (QED) is 0.764. The molecular weight excluding hydrogens is 240 g/mol. The fourth-order valence-corrected chi connectivity index (χ4v) is 2.44. The third-order valence-electron chi connectivity index (χ3n) is 3.36. The molecule has 0 saturated carbocycles. The smallest absolute Gasteiger partial charge is 0.220 e. The normalized spacial score (nSPS) is 18.0. The molecule has 0 bridgehead atoms. The second kappa shape index (κ2) is 5.26. The topological polar surface area (TPSA) is 44.1 Å². The number of carbonyl (C=O) groups excluding carboxylic acids is 1. The number of hydrogen-bond donors (Lipinski definition) is 0. The first-order valence-corrected chi connectivity index (χ1v) is 6.61. The highest BCUT2D eigenvalue weighted by atomic mass is 16.5. The molecule has 0 amide bonds. The Kier molecular flexibility index (Phi) is 3.31. The first kappa shape index (κ1) is 12.0. The Bertz CT molecular complexity index is 579. The lowest BCUT2D eigenvalue weighted by atomic mass is 10.0. The molecule has 0 N–H and O–H groups in total. The van der Waals surface area contributed by atoms with Crippen LogP contribution in [0.25, 0.3) is 5.57 Å². The predicted octanol–water partition coefficient (Wildman–Crippen LogP) is 2.77. The molecule has 1 aromatic rings. The maximum Gasteiger partial charge on any atom is 0.220 e. The molecular formula is C15H16N2O2. The molecule has 19 heavy (non-hydrogen) atoms. The predicted molar refractivity (Wildman–Crippen MR) is 73.2 cm³/mol. The molecule has 0 unspecified atom stereocenters. The van der Waals surface area contributed by atoms with Gasteiger partial charge in [0.2, 0.25) is 5.88 Å². The van der Waals surface area contributed by atoms with E-state index in [1.54, 1.807) is 0 Å². The molecule has 1 aromatic heterocycles. The van der Waals surface area contributed by atoms with E-state index >= 15 is 0 Å².